The maximum Gasteiger partial charge on any atom is 0.307 e. The first-order valence-corrected chi connectivity index (χ1v) is 50.7. The molecule has 27 heteroatoms. The number of fused-ring (bicyclic) bond motifs is 9. The molecule has 12 aliphatic carbocycles. The van der Waals surface area contributed by atoms with Crippen LogP contribution in [0, 0.1) is 197 Å². The minimum atomic E-state index is -0.619. The summed E-state index contributed by atoms with van der Waals surface area (Å²) in [4.78, 5) is 41.7. The Bertz CT molecular complexity index is 4690. The van der Waals surface area contributed by atoms with E-state index >= 15 is 0 Å². The molecule has 33 atom stereocenters. The van der Waals surface area contributed by atoms with Gasteiger partial charge in [0.25, 0.3) is 0 Å². The van der Waals surface area contributed by atoms with Gasteiger partial charge in [-0.25, -0.2) is 4.68 Å². The number of carboxylic acids is 3. The van der Waals surface area contributed by atoms with E-state index in [4.69, 9.17) is 50.7 Å². The molecule has 0 amide bonds. The molecule has 2 unspecified atom stereocenters. The number of carboxylic acid groups (broad SMARTS) is 3. The van der Waals surface area contributed by atoms with Gasteiger partial charge in [-0.15, -0.1) is 25.5 Å². The summed E-state index contributed by atoms with van der Waals surface area (Å²) in [5.41, 5.74) is 19.8. The minimum Gasteiger partial charge on any atom is -0.481 e. The van der Waals surface area contributed by atoms with Crippen LogP contribution in [0.1, 0.15) is 297 Å². The van der Waals surface area contributed by atoms with Gasteiger partial charge in [0, 0.05) is 52.1 Å². The third kappa shape index (κ3) is 14.5. The number of nitrogens with two attached hydrogens (primary N) is 3. The molecule has 728 valence electrons. The number of aryl methyl sites for hydroxylation is 3. The molecule has 3 aromatic rings. The highest BCUT2D eigenvalue weighted by Crippen LogP contribution is 2.81. The van der Waals surface area contributed by atoms with Crippen LogP contribution in [0.15, 0.2) is 34.9 Å². The van der Waals surface area contributed by atoms with E-state index in [1.807, 2.05) is 18.5 Å². The zero-order valence-electron chi connectivity index (χ0n) is 84.2. The van der Waals surface area contributed by atoms with E-state index in [1.165, 1.54) is 17.6 Å². The number of H-pyrrole nitrogens is 1. The lowest BCUT2D eigenvalue weighted by atomic mass is 9.34. The van der Waals surface area contributed by atoms with Crippen molar-refractivity contribution in [3.63, 3.8) is 0 Å². The fourth-order valence-electron chi connectivity index (χ4n) is 35.4. The van der Waals surface area contributed by atoms with Crippen molar-refractivity contribution in [2.75, 3.05) is 79.1 Å². The number of nitrogens with one attached hydrogen (secondary N) is 1. The van der Waals surface area contributed by atoms with Crippen molar-refractivity contribution < 1.29 is 58.1 Å². The van der Waals surface area contributed by atoms with E-state index in [0.29, 0.717) is 154 Å². The SMILES string of the molecule is CC(C)[C@@H](C)[C@@]1(C)CC[C@]2(C)[C@H]3CC[C@@H]4[C@@]5(COC[C@]4(C)[C@@H](OCCN)[C@H](C)C5)C3=CC[C@@]2(C)[C@@H]1C(=O)O.Cc1nn[nH]n1.Cc1nnn([C@@H]2C[C@@]34COC[C@@](C)([C@@H]3CC[C@H]3C4=CC[C@@]4(C)C(C(=O)O)[C@@](C)([C@H](C)C(C)C)CC[C@]34C)[C@H]2OCCN)n1.Cc1nnnn1[C@@H]1C[C@@]23COC[C@@](C)([C@@H]2CC[C@H]2C3=CC[C@@]3(C)C(C(=O)O)[C@@](C)([C@H](C)C(C)C)CC[C@]23C)[C@H]1OCCN. The molecule has 18 rings (SSSR count). The Morgan fingerprint density at radius 2 is 0.808 bits per heavy atom. The Morgan fingerprint density at radius 1 is 0.454 bits per heavy atom. The molecular formula is C103H169N15O12. The van der Waals surface area contributed by atoms with Gasteiger partial charge in [0.1, 0.15) is 11.9 Å². The third-order valence-corrected chi connectivity index (χ3v) is 43.0. The predicted octanol–water partition coefficient (Wildman–Crippen LogP) is 17.0. The van der Waals surface area contributed by atoms with Crippen molar-refractivity contribution in [1.29, 1.82) is 0 Å². The minimum absolute atomic E-state index is 0.0139. The van der Waals surface area contributed by atoms with Gasteiger partial charge in [-0.2, -0.15) is 10.0 Å². The number of tetrazole rings is 3. The summed E-state index contributed by atoms with van der Waals surface area (Å²) in [5.74, 6) is 4.39. The Hall–Kier alpha value is -5.52. The summed E-state index contributed by atoms with van der Waals surface area (Å²) in [7, 11) is 0. The number of aromatic amines is 1. The molecule has 6 heterocycles. The van der Waals surface area contributed by atoms with E-state index in [-0.39, 0.29) is 118 Å². The fraction of sp³-hybridized carbons (Fsp3) is 0.883. The second kappa shape index (κ2) is 35.2. The van der Waals surface area contributed by atoms with Crippen molar-refractivity contribution in [3.8, 4) is 0 Å². The van der Waals surface area contributed by atoms with Gasteiger partial charge in [0.05, 0.1) is 102 Å². The van der Waals surface area contributed by atoms with Crippen molar-refractivity contribution in [2.24, 2.45) is 193 Å². The van der Waals surface area contributed by atoms with Crippen LogP contribution >= 0.6 is 0 Å². The summed E-state index contributed by atoms with van der Waals surface area (Å²) in [6.07, 6.45) is 25.5. The quantitative estimate of drug-likeness (QED) is 0.0517. The first-order valence-electron chi connectivity index (χ1n) is 50.7. The van der Waals surface area contributed by atoms with Crippen LogP contribution in [0.3, 0.4) is 0 Å². The Kier molecular flexibility index (Phi) is 26.8. The standard InChI is InChI=1S/2C34H55N5O4.C33H55NO4.C2H4N4/c1-20(2)21(3)30(5)13-14-32(7)23-9-10-26-31(6)18-42-19-34(26,24(23)11-12-33(32,8)27(30)29(40)41)17-25(28(31)43-16-15-35)39-22(4)36-37-38-39;1-20(2)21(3)30(5)13-14-32(7)23-9-10-26-31(6)18-42-19-34(26,24(23)11-12-33(32,8)27(30)29(40)41)17-25(28(31)43-16-15-35)39-37-22(4)36-38-39;1-20(2)22(4)29(5)13-14-31(7)23-9-10-25-30(6)18-37-19-33(25,17-21(3)27(30)38-16-15-34)24(23)11-12-32(31,8)26(29)28(35)36;1-2-3-5-6-4-2/h2*11,20-21,23,25-28H,9-10,12-19,35H2,1-8H3,(H,40,41);11,20-23,25-27H,9-10,12-19,34H2,1-8H3,(H,35,36);1H3,(H,3,4,5,6)/t2*21-,23+,25-,26+,27?,28+,30-,31+,32-,33+,34+;21-,22-,23+,25+,26-,27+,29-,30+,31-,32+,33+;/m111./s1. The zero-order valence-corrected chi connectivity index (χ0v) is 84.2. The molecule has 0 spiro atoms. The molecule has 0 aromatic carbocycles. The summed E-state index contributed by atoms with van der Waals surface area (Å²) in [5, 5.41) is 71.7. The molecular weight excluding hydrogens is 1640 g/mol. The number of allylic oxidation sites excluding steroid dienone is 3. The topological polar surface area (TPSA) is 387 Å². The van der Waals surface area contributed by atoms with Crippen LogP contribution in [0.4, 0.5) is 0 Å². The van der Waals surface area contributed by atoms with Crippen LogP contribution in [-0.2, 0) is 42.8 Å². The van der Waals surface area contributed by atoms with Gasteiger partial charge >= 0.3 is 17.9 Å². The molecule has 0 radical (unpaired) electrons. The molecule has 130 heavy (non-hydrogen) atoms. The van der Waals surface area contributed by atoms with E-state index in [2.05, 4.69) is 217 Å². The molecule has 9 saturated carbocycles. The van der Waals surface area contributed by atoms with Gasteiger partial charge in [-0.05, 0) is 278 Å². The highest BCUT2D eigenvalue weighted by atomic mass is 16.5. The lowest BCUT2D eigenvalue weighted by Crippen LogP contribution is -2.69. The van der Waals surface area contributed by atoms with E-state index in [0.717, 1.165) is 128 Å². The number of nitrogens with zero attached hydrogens (tertiary/aromatic N) is 11. The third-order valence-electron chi connectivity index (χ3n) is 43.0. The molecule has 10 N–H and O–H groups in total. The first-order chi connectivity index (χ1) is 61.0. The number of ether oxygens (including phenoxy) is 6. The van der Waals surface area contributed by atoms with Gasteiger partial charge < -0.3 is 60.9 Å². The average Bonchev–Trinajstić information content (AvgIpc) is 0.921. The molecule has 27 nitrogen and oxygen atoms in total. The monoisotopic (exact) mass is 1810 g/mol. The summed E-state index contributed by atoms with van der Waals surface area (Å²) >= 11 is 0. The largest absolute Gasteiger partial charge is 0.481 e. The van der Waals surface area contributed by atoms with Crippen molar-refractivity contribution in [1.82, 2.24) is 61.0 Å². The molecule has 15 aliphatic rings. The van der Waals surface area contributed by atoms with E-state index in [9.17, 15) is 29.7 Å². The van der Waals surface area contributed by atoms with Gasteiger partial charge in [0.2, 0.25) is 0 Å². The number of rotatable bonds is 20. The summed E-state index contributed by atoms with van der Waals surface area (Å²) in [6, 6.07) is -0.104. The number of carbonyl (C=O) groups is 3. The molecule has 3 aromatic heterocycles. The smallest absolute Gasteiger partial charge is 0.307 e. The molecule has 12 fully saturated rings. The van der Waals surface area contributed by atoms with Crippen molar-refractivity contribution in [2.45, 2.75) is 319 Å². The molecule has 3 saturated heterocycles. The maximum atomic E-state index is 13.3. The Morgan fingerprint density at radius 3 is 1.12 bits per heavy atom. The lowest BCUT2D eigenvalue weighted by molar-refractivity contribution is -0.251. The fourth-order valence-corrected chi connectivity index (χ4v) is 35.4. The van der Waals surface area contributed by atoms with Gasteiger partial charge in [-0.1, -0.05) is 192 Å². The van der Waals surface area contributed by atoms with Crippen LogP contribution in [-0.4, -0.2) is 192 Å². The van der Waals surface area contributed by atoms with Crippen molar-refractivity contribution in [3.05, 3.63) is 52.4 Å². The first kappa shape index (κ1) is 99.0. The summed E-state index contributed by atoms with van der Waals surface area (Å²) < 4.78 is 41.3. The van der Waals surface area contributed by atoms with E-state index in [1.54, 1.807) is 17.3 Å². The second-order valence-corrected chi connectivity index (χ2v) is 49.3. The highest BCUT2D eigenvalue weighted by molar-refractivity contribution is 5.75. The van der Waals surface area contributed by atoms with Gasteiger partial charge in [0.15, 0.2) is 11.6 Å². The Balaban J connectivity index is 0.000000145. The normalized spacial score (nSPS) is 46.0. The summed E-state index contributed by atoms with van der Waals surface area (Å²) in [6.45, 7) is 64.0. The number of aromatic nitrogens is 12. The lowest BCUT2D eigenvalue weighted by Gasteiger charge is -2.71. The van der Waals surface area contributed by atoms with Crippen LogP contribution < -0.4 is 17.2 Å². The van der Waals surface area contributed by atoms with Crippen LogP contribution in [0.5, 0.6) is 0 Å². The average molecular weight is 1810 g/mol. The van der Waals surface area contributed by atoms with E-state index < -0.39 is 29.7 Å². The Labute approximate surface area is 776 Å². The highest BCUT2D eigenvalue weighted by Gasteiger charge is 2.77. The van der Waals surface area contributed by atoms with Gasteiger partial charge in [-0.3, -0.25) is 14.4 Å². The molecule has 3 aliphatic heterocycles. The van der Waals surface area contributed by atoms with Crippen LogP contribution in [0.25, 0.3) is 0 Å². The zero-order chi connectivity index (χ0) is 94.6. The number of hydrogen-bond donors (Lipinski definition) is 7. The van der Waals surface area contributed by atoms with Crippen LogP contribution in [0.2, 0.25) is 0 Å². The number of hydrogen-bond acceptors (Lipinski definition) is 21. The molecule has 6 bridgehead atoms. The second-order valence-electron chi connectivity index (χ2n) is 49.3. The maximum absolute atomic E-state index is 13.3. The van der Waals surface area contributed by atoms with Crippen molar-refractivity contribution >= 4 is 17.9 Å². The number of aliphatic carboxylic acids is 3. The predicted molar refractivity (Wildman–Crippen MR) is 498 cm³/mol.